The van der Waals surface area contributed by atoms with Gasteiger partial charge in [-0.2, -0.15) is 0 Å². The highest BCUT2D eigenvalue weighted by atomic mass is 16.6. The number of rotatable bonds is 8. The fraction of sp³-hybridized carbons (Fsp3) is 0.300. The van der Waals surface area contributed by atoms with Crippen molar-refractivity contribution in [2.45, 2.75) is 13.0 Å². The monoisotopic (exact) mass is 355 g/mol. The van der Waals surface area contributed by atoms with E-state index in [4.69, 9.17) is 9.57 Å². The van der Waals surface area contributed by atoms with E-state index >= 15 is 0 Å². The van der Waals surface area contributed by atoms with Crippen LogP contribution in [0.25, 0.3) is 0 Å². The van der Waals surface area contributed by atoms with Gasteiger partial charge in [-0.25, -0.2) is 0 Å². The van der Waals surface area contributed by atoms with Crippen LogP contribution in [-0.4, -0.2) is 39.9 Å². The van der Waals surface area contributed by atoms with Gasteiger partial charge in [0.25, 0.3) is 5.91 Å². The van der Waals surface area contributed by atoms with Gasteiger partial charge in [0.05, 0.1) is 19.4 Å². The minimum Gasteiger partial charge on any atom is -0.496 e. The molecule has 6 nitrogen and oxygen atoms in total. The fourth-order valence-electron chi connectivity index (χ4n) is 2.44. The molecule has 0 aliphatic heterocycles. The summed E-state index contributed by atoms with van der Waals surface area (Å²) in [4.78, 5) is 19.1. The van der Waals surface area contributed by atoms with Crippen LogP contribution in [0, 0.1) is 0 Å². The summed E-state index contributed by atoms with van der Waals surface area (Å²) in [5, 5.41) is 6.71. The zero-order valence-corrected chi connectivity index (χ0v) is 15.6. The molecule has 0 saturated carbocycles. The van der Waals surface area contributed by atoms with Gasteiger partial charge in [0.15, 0.2) is 6.61 Å². The molecule has 0 aliphatic rings. The normalized spacial score (nSPS) is 11.8. The first-order valence-electron chi connectivity index (χ1n) is 8.36. The lowest BCUT2D eigenvalue weighted by Crippen LogP contribution is -2.29. The largest absolute Gasteiger partial charge is 0.496 e. The van der Waals surface area contributed by atoms with E-state index in [9.17, 15) is 4.79 Å². The van der Waals surface area contributed by atoms with Crippen LogP contribution in [0.1, 0.15) is 24.1 Å². The average Bonchev–Trinajstić information content (AvgIpc) is 2.65. The van der Waals surface area contributed by atoms with E-state index in [1.54, 1.807) is 13.3 Å². The zero-order chi connectivity index (χ0) is 18.9. The Bertz CT molecular complexity index is 742. The standard InChI is InChI=1S/C20H25N3O3/c1-15(18-7-5-6-8-19(18)25-4)22-20(24)14-26-21-13-16-9-11-17(12-10-16)23(2)3/h5-13,15H,14H2,1-4H3,(H,22,24)/b21-13+. The molecule has 1 amide bonds. The minimum absolute atomic E-state index is 0.147. The van der Waals surface area contributed by atoms with Crippen molar-refractivity contribution < 1.29 is 14.4 Å². The third-order valence-electron chi connectivity index (χ3n) is 3.86. The number of amides is 1. The van der Waals surface area contributed by atoms with Gasteiger partial charge >= 0.3 is 0 Å². The summed E-state index contributed by atoms with van der Waals surface area (Å²) in [6.45, 7) is 1.75. The van der Waals surface area contributed by atoms with Gasteiger partial charge in [0.2, 0.25) is 0 Å². The SMILES string of the molecule is COc1ccccc1C(C)NC(=O)CO/N=C/c1ccc(N(C)C)cc1. The third-order valence-corrected chi connectivity index (χ3v) is 3.86. The molecule has 0 bridgehead atoms. The Kier molecular flexibility index (Phi) is 7.02. The Labute approximate surface area is 154 Å². The molecule has 0 aromatic heterocycles. The van der Waals surface area contributed by atoms with Gasteiger partial charge in [0, 0.05) is 25.3 Å². The van der Waals surface area contributed by atoms with Gasteiger partial charge in [-0.15, -0.1) is 0 Å². The molecular weight excluding hydrogens is 330 g/mol. The van der Waals surface area contributed by atoms with Gasteiger partial charge in [-0.3, -0.25) is 4.79 Å². The Morgan fingerprint density at radius 2 is 1.88 bits per heavy atom. The van der Waals surface area contributed by atoms with Gasteiger partial charge in [0.1, 0.15) is 5.75 Å². The molecule has 26 heavy (non-hydrogen) atoms. The highest BCUT2D eigenvalue weighted by molar-refractivity contribution is 5.80. The highest BCUT2D eigenvalue weighted by Gasteiger charge is 2.13. The summed E-state index contributed by atoms with van der Waals surface area (Å²) in [6, 6.07) is 15.2. The number of nitrogens with zero attached hydrogens (tertiary/aromatic N) is 2. The number of anilines is 1. The molecule has 0 saturated heterocycles. The van der Waals surface area contributed by atoms with Crippen molar-refractivity contribution in [3.8, 4) is 5.75 Å². The van der Waals surface area contributed by atoms with Crippen LogP contribution in [0.5, 0.6) is 5.75 Å². The molecule has 1 unspecified atom stereocenters. The Hall–Kier alpha value is -3.02. The second kappa shape index (κ2) is 9.46. The van der Waals surface area contributed by atoms with Crippen LogP contribution in [0.2, 0.25) is 0 Å². The van der Waals surface area contributed by atoms with E-state index in [2.05, 4.69) is 10.5 Å². The van der Waals surface area contributed by atoms with Gasteiger partial charge < -0.3 is 19.8 Å². The first-order valence-corrected chi connectivity index (χ1v) is 8.36. The van der Waals surface area contributed by atoms with Crippen LogP contribution < -0.4 is 15.0 Å². The van der Waals surface area contributed by atoms with Crippen LogP contribution in [0.15, 0.2) is 53.7 Å². The molecule has 1 atom stereocenters. The summed E-state index contributed by atoms with van der Waals surface area (Å²) >= 11 is 0. The number of nitrogens with one attached hydrogen (secondary N) is 1. The second-order valence-corrected chi connectivity index (χ2v) is 6.03. The molecule has 0 spiro atoms. The Morgan fingerprint density at radius 3 is 2.54 bits per heavy atom. The molecule has 138 valence electrons. The van der Waals surface area contributed by atoms with E-state index in [0.29, 0.717) is 0 Å². The summed E-state index contributed by atoms with van der Waals surface area (Å²) < 4.78 is 5.31. The van der Waals surface area contributed by atoms with Crippen LogP contribution in [0.3, 0.4) is 0 Å². The first-order chi connectivity index (χ1) is 12.5. The fourth-order valence-corrected chi connectivity index (χ4v) is 2.44. The van der Waals surface area contributed by atoms with Crippen molar-refractivity contribution in [3.05, 3.63) is 59.7 Å². The number of hydrogen-bond acceptors (Lipinski definition) is 5. The second-order valence-electron chi connectivity index (χ2n) is 6.03. The summed E-state index contributed by atoms with van der Waals surface area (Å²) in [5.74, 6) is 0.490. The van der Waals surface area contributed by atoms with Crippen molar-refractivity contribution >= 4 is 17.8 Å². The summed E-state index contributed by atoms with van der Waals surface area (Å²) in [7, 11) is 5.57. The molecular formula is C20H25N3O3. The van der Waals surface area contributed by atoms with Crippen LogP contribution in [0.4, 0.5) is 5.69 Å². The lowest BCUT2D eigenvalue weighted by molar-refractivity contribution is -0.126. The molecule has 1 N–H and O–H groups in total. The number of ether oxygens (including phenoxy) is 1. The van der Waals surface area contributed by atoms with E-state index in [0.717, 1.165) is 22.6 Å². The maximum atomic E-state index is 12.0. The van der Waals surface area contributed by atoms with Crippen LogP contribution in [-0.2, 0) is 9.63 Å². The number of carbonyl (C=O) groups is 1. The molecule has 2 aromatic rings. The minimum atomic E-state index is -0.247. The highest BCUT2D eigenvalue weighted by Crippen LogP contribution is 2.24. The van der Waals surface area contributed by atoms with E-state index in [1.165, 1.54) is 0 Å². The van der Waals surface area contributed by atoms with Gasteiger partial charge in [-0.05, 0) is 30.7 Å². The van der Waals surface area contributed by atoms with E-state index in [-0.39, 0.29) is 18.6 Å². The van der Waals surface area contributed by atoms with E-state index < -0.39 is 0 Å². The molecule has 0 fully saturated rings. The van der Waals surface area contributed by atoms with Crippen molar-refractivity contribution in [3.63, 3.8) is 0 Å². The number of benzene rings is 2. The van der Waals surface area contributed by atoms with E-state index in [1.807, 2.05) is 74.4 Å². The summed E-state index contributed by atoms with van der Waals surface area (Å²) in [5.41, 5.74) is 2.92. The Balaban J connectivity index is 1.81. The zero-order valence-electron chi connectivity index (χ0n) is 15.6. The molecule has 0 aliphatic carbocycles. The number of carbonyl (C=O) groups excluding carboxylic acids is 1. The molecule has 2 aromatic carbocycles. The Morgan fingerprint density at radius 1 is 1.19 bits per heavy atom. The molecule has 6 heteroatoms. The smallest absolute Gasteiger partial charge is 0.261 e. The number of para-hydroxylation sites is 1. The van der Waals surface area contributed by atoms with Crippen LogP contribution >= 0.6 is 0 Å². The topological polar surface area (TPSA) is 63.2 Å². The third kappa shape index (κ3) is 5.51. The molecule has 2 rings (SSSR count). The van der Waals surface area contributed by atoms with Crippen molar-refractivity contribution in [1.82, 2.24) is 5.32 Å². The number of oxime groups is 1. The maximum absolute atomic E-state index is 12.0. The lowest BCUT2D eigenvalue weighted by atomic mass is 10.1. The maximum Gasteiger partial charge on any atom is 0.261 e. The lowest BCUT2D eigenvalue weighted by Gasteiger charge is -2.16. The average molecular weight is 355 g/mol. The number of hydrogen-bond donors (Lipinski definition) is 1. The summed E-state index contributed by atoms with van der Waals surface area (Å²) in [6.07, 6.45) is 1.58. The van der Waals surface area contributed by atoms with Crippen molar-refractivity contribution in [1.29, 1.82) is 0 Å². The first kappa shape index (κ1) is 19.3. The number of methoxy groups -OCH3 is 1. The predicted octanol–water partition coefficient (Wildman–Crippen LogP) is 2.99. The molecule has 0 radical (unpaired) electrons. The molecule has 0 heterocycles. The quantitative estimate of drug-likeness (QED) is 0.584. The van der Waals surface area contributed by atoms with Crippen molar-refractivity contribution in [2.24, 2.45) is 5.16 Å². The van der Waals surface area contributed by atoms with Gasteiger partial charge in [-0.1, -0.05) is 35.5 Å². The predicted molar refractivity (Wildman–Crippen MR) is 104 cm³/mol. The van der Waals surface area contributed by atoms with Crippen molar-refractivity contribution in [2.75, 3.05) is 32.7 Å².